The molecule has 8 heteroatoms. The zero-order valence-corrected chi connectivity index (χ0v) is 14.8. The van der Waals surface area contributed by atoms with Crippen LogP contribution in [0.5, 0.6) is 0 Å². The van der Waals surface area contributed by atoms with Crippen LogP contribution in [0.2, 0.25) is 0 Å². The van der Waals surface area contributed by atoms with E-state index in [2.05, 4.69) is 31.6 Å². The molecular formula is C14H19BrF3N3S. The Kier molecular flexibility index (Phi) is 8.09. The molecule has 0 saturated carbocycles. The Labute approximate surface area is 141 Å². The zero-order chi connectivity index (χ0) is 16.6. The lowest BCUT2D eigenvalue weighted by Gasteiger charge is -2.16. The molecule has 0 amide bonds. The summed E-state index contributed by atoms with van der Waals surface area (Å²) in [6.45, 7) is 2.46. The first kappa shape index (κ1) is 19.2. The number of benzene rings is 1. The van der Waals surface area contributed by atoms with E-state index in [4.69, 9.17) is 0 Å². The lowest BCUT2D eigenvalue weighted by molar-refractivity contribution is -0.132. The topological polar surface area (TPSA) is 36.4 Å². The number of alkyl halides is 3. The molecule has 0 fully saturated rings. The van der Waals surface area contributed by atoms with E-state index in [1.54, 1.807) is 11.8 Å². The van der Waals surface area contributed by atoms with E-state index in [-0.39, 0.29) is 11.8 Å². The van der Waals surface area contributed by atoms with Crippen LogP contribution in [0.3, 0.4) is 0 Å². The molecular weight excluding hydrogens is 379 g/mol. The molecule has 3 nitrogen and oxygen atoms in total. The summed E-state index contributed by atoms with van der Waals surface area (Å²) in [6.07, 6.45) is -5.03. The third-order valence-corrected chi connectivity index (χ3v) is 4.27. The molecule has 1 aromatic carbocycles. The van der Waals surface area contributed by atoms with Crippen molar-refractivity contribution in [3.63, 3.8) is 0 Å². The number of thioether (sulfide) groups is 1. The van der Waals surface area contributed by atoms with Crippen molar-refractivity contribution in [2.75, 3.05) is 20.1 Å². The first-order valence-corrected chi connectivity index (χ1v) is 8.41. The number of aliphatic imine (C=N–C) groups is 1. The second kappa shape index (κ2) is 9.29. The summed E-state index contributed by atoms with van der Waals surface area (Å²) >= 11 is 5.07. The normalized spacial score (nSPS) is 13.8. The molecule has 0 aliphatic heterocycles. The van der Waals surface area contributed by atoms with Gasteiger partial charge in [-0.2, -0.15) is 13.2 Å². The van der Waals surface area contributed by atoms with Crippen LogP contribution in [0.15, 0.2) is 38.6 Å². The van der Waals surface area contributed by atoms with Crippen molar-refractivity contribution < 1.29 is 13.2 Å². The van der Waals surface area contributed by atoms with Crippen LogP contribution in [0.25, 0.3) is 0 Å². The average molecular weight is 398 g/mol. The third kappa shape index (κ3) is 8.53. The van der Waals surface area contributed by atoms with Gasteiger partial charge in [-0.15, -0.1) is 11.8 Å². The Morgan fingerprint density at radius 2 is 1.91 bits per heavy atom. The van der Waals surface area contributed by atoms with Crippen molar-refractivity contribution in [3.05, 3.63) is 28.7 Å². The molecule has 0 aliphatic carbocycles. The van der Waals surface area contributed by atoms with Gasteiger partial charge in [-0.3, -0.25) is 4.99 Å². The van der Waals surface area contributed by atoms with Crippen molar-refractivity contribution in [1.29, 1.82) is 0 Å². The van der Waals surface area contributed by atoms with Gasteiger partial charge in [-0.25, -0.2) is 0 Å². The summed E-state index contributed by atoms with van der Waals surface area (Å²) in [5.41, 5.74) is 0. The number of guanidine groups is 1. The number of rotatable bonds is 6. The summed E-state index contributed by atoms with van der Waals surface area (Å²) in [6, 6.07) is 7.98. The fraction of sp³-hybridized carbons (Fsp3) is 0.500. The van der Waals surface area contributed by atoms with E-state index in [0.29, 0.717) is 12.5 Å². The van der Waals surface area contributed by atoms with Crippen LogP contribution in [-0.4, -0.2) is 37.5 Å². The maximum absolute atomic E-state index is 12.1. The van der Waals surface area contributed by atoms with Crippen molar-refractivity contribution in [2.45, 2.75) is 29.7 Å². The van der Waals surface area contributed by atoms with Crippen LogP contribution in [0, 0.1) is 0 Å². The maximum atomic E-state index is 12.1. The Bertz CT molecular complexity index is 477. The summed E-state index contributed by atoms with van der Waals surface area (Å²) in [5, 5.41) is 5.94. The number of nitrogens with one attached hydrogen (secondary N) is 2. The molecule has 1 rings (SSSR count). The van der Waals surface area contributed by atoms with E-state index in [1.807, 2.05) is 31.2 Å². The highest BCUT2D eigenvalue weighted by Gasteiger charge is 2.26. The largest absolute Gasteiger partial charge is 0.390 e. The minimum absolute atomic E-state index is 0.183. The van der Waals surface area contributed by atoms with Gasteiger partial charge < -0.3 is 10.6 Å². The SMILES string of the molecule is CN=C(NCCC(F)(F)F)NCC(C)Sc1ccc(Br)cc1. The third-order valence-electron chi connectivity index (χ3n) is 2.63. The van der Waals surface area contributed by atoms with Gasteiger partial charge in [0.1, 0.15) is 0 Å². The van der Waals surface area contributed by atoms with Gasteiger partial charge >= 0.3 is 6.18 Å². The highest BCUT2D eigenvalue weighted by molar-refractivity contribution is 9.10. The highest BCUT2D eigenvalue weighted by Crippen LogP contribution is 2.24. The predicted molar refractivity (Wildman–Crippen MR) is 89.5 cm³/mol. The summed E-state index contributed by atoms with van der Waals surface area (Å²) < 4.78 is 37.3. The molecule has 1 aromatic rings. The fourth-order valence-corrected chi connectivity index (χ4v) is 2.76. The van der Waals surface area contributed by atoms with Crippen LogP contribution in [0.1, 0.15) is 13.3 Å². The molecule has 1 atom stereocenters. The molecule has 0 saturated heterocycles. The molecule has 1 unspecified atom stereocenters. The standard InChI is InChI=1S/C14H19BrF3N3S/c1-10(22-12-5-3-11(15)4-6-12)9-21-13(19-2)20-8-7-14(16,17)18/h3-6,10H,7-9H2,1-2H3,(H2,19,20,21). The van der Waals surface area contributed by atoms with Gasteiger partial charge in [0.05, 0.1) is 6.42 Å². The smallest absolute Gasteiger partial charge is 0.356 e. The molecule has 0 aromatic heterocycles. The van der Waals surface area contributed by atoms with E-state index in [1.165, 1.54) is 7.05 Å². The van der Waals surface area contributed by atoms with Gasteiger partial charge in [-0.1, -0.05) is 22.9 Å². The molecule has 0 bridgehead atoms. The average Bonchev–Trinajstić information content (AvgIpc) is 2.44. The van der Waals surface area contributed by atoms with E-state index < -0.39 is 12.6 Å². The number of hydrogen-bond donors (Lipinski definition) is 2. The van der Waals surface area contributed by atoms with E-state index in [9.17, 15) is 13.2 Å². The minimum atomic E-state index is -4.16. The van der Waals surface area contributed by atoms with Crippen molar-refractivity contribution >= 4 is 33.7 Å². The second-order valence-corrected chi connectivity index (χ2v) is 7.05. The Morgan fingerprint density at radius 3 is 2.45 bits per heavy atom. The van der Waals surface area contributed by atoms with Crippen molar-refractivity contribution in [1.82, 2.24) is 10.6 Å². The van der Waals surface area contributed by atoms with Crippen molar-refractivity contribution in [2.24, 2.45) is 4.99 Å². The quantitative estimate of drug-likeness (QED) is 0.431. The zero-order valence-electron chi connectivity index (χ0n) is 12.4. The van der Waals surface area contributed by atoms with Gasteiger partial charge in [-0.05, 0) is 24.3 Å². The van der Waals surface area contributed by atoms with E-state index in [0.717, 1.165) is 9.37 Å². The molecule has 2 N–H and O–H groups in total. The highest BCUT2D eigenvalue weighted by atomic mass is 79.9. The fourth-order valence-electron chi connectivity index (χ4n) is 1.57. The number of nitrogens with zero attached hydrogens (tertiary/aromatic N) is 1. The molecule has 0 heterocycles. The van der Waals surface area contributed by atoms with Gasteiger partial charge in [0.25, 0.3) is 0 Å². The Hall–Kier alpha value is -0.890. The molecule has 0 radical (unpaired) electrons. The Morgan fingerprint density at radius 1 is 1.27 bits per heavy atom. The second-order valence-electron chi connectivity index (χ2n) is 4.63. The summed E-state index contributed by atoms with van der Waals surface area (Å²) in [4.78, 5) is 5.05. The van der Waals surface area contributed by atoms with Crippen molar-refractivity contribution in [3.8, 4) is 0 Å². The maximum Gasteiger partial charge on any atom is 0.390 e. The van der Waals surface area contributed by atoms with Gasteiger partial charge in [0, 0.05) is 34.8 Å². The number of halogens is 4. The molecule has 0 spiro atoms. The number of hydrogen-bond acceptors (Lipinski definition) is 2. The van der Waals surface area contributed by atoms with Gasteiger partial charge in [0.15, 0.2) is 5.96 Å². The monoisotopic (exact) mass is 397 g/mol. The summed E-state index contributed by atoms with van der Waals surface area (Å²) in [7, 11) is 1.54. The van der Waals surface area contributed by atoms with E-state index >= 15 is 0 Å². The first-order valence-electron chi connectivity index (χ1n) is 6.73. The minimum Gasteiger partial charge on any atom is -0.356 e. The van der Waals surface area contributed by atoms with Crippen LogP contribution >= 0.6 is 27.7 Å². The van der Waals surface area contributed by atoms with Crippen LogP contribution < -0.4 is 10.6 Å². The predicted octanol–water partition coefficient (Wildman–Crippen LogP) is 4.05. The van der Waals surface area contributed by atoms with Crippen LogP contribution in [0.4, 0.5) is 13.2 Å². The molecule has 22 heavy (non-hydrogen) atoms. The summed E-state index contributed by atoms with van der Waals surface area (Å²) in [5.74, 6) is 0.382. The lowest BCUT2D eigenvalue weighted by atomic mass is 10.4. The Balaban J connectivity index is 2.31. The molecule has 0 aliphatic rings. The van der Waals surface area contributed by atoms with Crippen LogP contribution in [-0.2, 0) is 0 Å². The molecule has 124 valence electrons. The lowest BCUT2D eigenvalue weighted by Crippen LogP contribution is -2.41. The first-order chi connectivity index (χ1) is 10.3. The van der Waals surface area contributed by atoms with Gasteiger partial charge in [0.2, 0.25) is 0 Å².